The van der Waals surface area contributed by atoms with Gasteiger partial charge in [-0.3, -0.25) is 0 Å². The summed E-state index contributed by atoms with van der Waals surface area (Å²) >= 11 is 0. The zero-order chi connectivity index (χ0) is 44.4. The summed E-state index contributed by atoms with van der Waals surface area (Å²) in [4.78, 5) is 1.22. The van der Waals surface area contributed by atoms with E-state index >= 15 is 0 Å². The number of aromatic nitrogens is 4. The minimum atomic E-state index is 0.807. The van der Waals surface area contributed by atoms with Crippen molar-refractivity contribution in [2.45, 2.75) is 72.8 Å². The second-order valence-electron chi connectivity index (χ2n) is 16.5. The number of unbranched alkanes of at least 4 members (excludes halogenated alkanes) is 3. The monoisotopic (exact) mass is 854 g/mol. The molecule has 4 aromatic carbocycles. The van der Waals surface area contributed by atoms with Gasteiger partial charge in [0.05, 0.1) is 39.6 Å². The maximum absolute atomic E-state index is 4.69. The summed E-state index contributed by atoms with van der Waals surface area (Å²) in [6.45, 7) is 10.5. The summed E-state index contributed by atoms with van der Waals surface area (Å²) in [6.07, 6.45) is 14.8. The van der Waals surface area contributed by atoms with Crippen molar-refractivity contribution in [1.82, 2.24) is 13.7 Å². The topological polar surface area (TPSA) is 99.6 Å². The number of guanidine groups is 1. The SMILES string of the molecule is CCc1ccc(C)n1-c1ccc(Nc2ccc(N=NC3=[N+](C)C=C[NH+]3CCCCCCn3cc[n+](C)c3N=Nc3ccc(Nc4ccc(-n5c(C)ccc5CC)cc4)cc3)cc2)cc1. The number of azo groups is 2. The molecule has 0 aliphatic carbocycles. The number of aryl methyl sites for hydroxylation is 6. The smallest absolute Gasteiger partial charge is 0.356 e. The highest BCUT2D eigenvalue weighted by atomic mass is 15.4. The van der Waals surface area contributed by atoms with E-state index < -0.39 is 0 Å². The molecule has 64 heavy (non-hydrogen) atoms. The van der Waals surface area contributed by atoms with Crippen LogP contribution < -0.4 is 20.1 Å². The fourth-order valence-corrected chi connectivity index (χ4v) is 8.30. The first-order valence-electron chi connectivity index (χ1n) is 22.6. The first-order valence-corrected chi connectivity index (χ1v) is 22.6. The minimum absolute atomic E-state index is 0.807. The third kappa shape index (κ3) is 10.4. The Morgan fingerprint density at radius 3 is 1.55 bits per heavy atom. The molecule has 3 aromatic heterocycles. The van der Waals surface area contributed by atoms with Crippen molar-refractivity contribution >= 4 is 46.0 Å². The first kappa shape index (κ1) is 43.5. The number of anilines is 4. The van der Waals surface area contributed by atoms with Gasteiger partial charge in [-0.15, -0.1) is 0 Å². The molecule has 0 bridgehead atoms. The summed E-state index contributed by atoms with van der Waals surface area (Å²) in [5, 5.41) is 25.5. The number of imidazole rings is 1. The van der Waals surface area contributed by atoms with Crippen LogP contribution in [0.3, 0.4) is 0 Å². The Hall–Kier alpha value is -7.18. The van der Waals surface area contributed by atoms with E-state index in [2.05, 4.69) is 168 Å². The molecule has 1 aliphatic rings. The number of hydrogen-bond donors (Lipinski definition) is 3. The van der Waals surface area contributed by atoms with Crippen molar-refractivity contribution in [3.05, 3.63) is 169 Å². The zero-order valence-electron chi connectivity index (χ0n) is 38.0. The number of quaternary nitrogens is 1. The summed E-state index contributed by atoms with van der Waals surface area (Å²) in [5.74, 6) is 1.74. The van der Waals surface area contributed by atoms with E-state index in [1.165, 1.54) is 39.1 Å². The van der Waals surface area contributed by atoms with Crippen LogP contribution in [0.5, 0.6) is 0 Å². The van der Waals surface area contributed by atoms with Crippen molar-refractivity contribution in [3.63, 3.8) is 0 Å². The van der Waals surface area contributed by atoms with Crippen LogP contribution in [0.25, 0.3) is 11.4 Å². The minimum Gasteiger partial charge on any atom is -0.356 e. The highest BCUT2D eigenvalue weighted by Gasteiger charge is 2.30. The highest BCUT2D eigenvalue weighted by molar-refractivity contribution is 5.68. The molecule has 12 nitrogen and oxygen atoms in total. The molecule has 0 fully saturated rings. The van der Waals surface area contributed by atoms with Gasteiger partial charge in [-0.2, -0.15) is 9.48 Å². The second kappa shape index (κ2) is 20.3. The van der Waals surface area contributed by atoms with E-state index in [0.29, 0.717) is 0 Å². The van der Waals surface area contributed by atoms with Gasteiger partial charge in [-0.1, -0.05) is 25.4 Å². The van der Waals surface area contributed by atoms with E-state index in [1.54, 1.807) is 0 Å². The molecule has 1 atom stereocenters. The fraction of sp³-hybridized carbons (Fsp3) is 0.269. The van der Waals surface area contributed by atoms with Gasteiger partial charge < -0.3 is 19.8 Å². The molecule has 1 unspecified atom stereocenters. The second-order valence-corrected chi connectivity index (χ2v) is 16.5. The van der Waals surface area contributed by atoms with E-state index in [1.807, 2.05) is 73.4 Å². The third-order valence-corrected chi connectivity index (χ3v) is 11.9. The van der Waals surface area contributed by atoms with Crippen LogP contribution in [0.15, 0.2) is 167 Å². The Bertz CT molecular complexity index is 2760. The molecule has 8 rings (SSSR count). The molecule has 0 saturated heterocycles. The van der Waals surface area contributed by atoms with Crippen LogP contribution in [0, 0.1) is 13.8 Å². The lowest BCUT2D eigenvalue weighted by Crippen LogP contribution is -3.09. The Balaban J connectivity index is 0.762. The maximum atomic E-state index is 4.69. The molecule has 0 amide bonds. The Kier molecular flexibility index (Phi) is 13.8. The first-order chi connectivity index (χ1) is 31.3. The predicted molar refractivity (Wildman–Crippen MR) is 258 cm³/mol. The lowest BCUT2D eigenvalue weighted by molar-refractivity contribution is -0.760. The lowest BCUT2D eigenvalue weighted by Gasteiger charge is -2.12. The van der Waals surface area contributed by atoms with E-state index in [9.17, 15) is 0 Å². The van der Waals surface area contributed by atoms with Gasteiger partial charge in [0.1, 0.15) is 28.9 Å². The molecule has 0 radical (unpaired) electrons. The molecule has 3 N–H and O–H groups in total. The van der Waals surface area contributed by atoms with Crippen LogP contribution in [0.2, 0.25) is 0 Å². The molecule has 4 heterocycles. The number of hydrogen-bond acceptors (Lipinski definition) is 6. The van der Waals surface area contributed by atoms with Crippen LogP contribution >= 0.6 is 0 Å². The Morgan fingerprint density at radius 1 is 0.547 bits per heavy atom. The Morgan fingerprint density at radius 2 is 1.03 bits per heavy atom. The molecule has 0 saturated carbocycles. The van der Waals surface area contributed by atoms with Gasteiger partial charge in [0, 0.05) is 62.0 Å². The maximum Gasteiger partial charge on any atom is 0.524 e. The number of nitrogens with one attached hydrogen (secondary N) is 3. The molecule has 7 aromatic rings. The third-order valence-electron chi connectivity index (χ3n) is 11.9. The summed E-state index contributed by atoms with van der Waals surface area (Å²) in [7, 11) is 4.04. The largest absolute Gasteiger partial charge is 0.524 e. The molecule has 0 spiro atoms. The quantitative estimate of drug-likeness (QED) is 0.0455. The van der Waals surface area contributed by atoms with E-state index in [0.717, 1.165) is 97.6 Å². The standard InChI is InChI=1S/C52H58N12/c1-7-47-27-13-39(3)63(47)49-29-23-43(24-30-49)53-41-15-19-45(20-16-41)55-57-51-59(5)35-37-61(51)33-11-9-10-12-34-62-38-36-60(6)52(62)58-56-46-21-17-42(18-22-46)54-44-25-31-50(32-26-44)64-40(4)14-28-48(64)8-2/h13-32,35-38H,7-12,33-34H2,1-6H3/p+3. The van der Waals surface area contributed by atoms with E-state index in [-0.39, 0.29) is 0 Å². The van der Waals surface area contributed by atoms with Crippen molar-refractivity contribution < 1.29 is 14.0 Å². The zero-order valence-corrected chi connectivity index (χ0v) is 38.0. The lowest BCUT2D eigenvalue weighted by atomic mass is 10.2. The number of nitrogens with zero attached hydrogens (tertiary/aromatic N) is 9. The van der Waals surface area contributed by atoms with Gasteiger partial charge in [0.15, 0.2) is 0 Å². The summed E-state index contributed by atoms with van der Waals surface area (Å²) in [5.41, 5.74) is 13.2. The van der Waals surface area contributed by atoms with Gasteiger partial charge in [-0.05, 0) is 172 Å². The van der Waals surface area contributed by atoms with E-state index in [4.69, 9.17) is 0 Å². The number of benzene rings is 4. The van der Waals surface area contributed by atoms with Crippen LogP contribution in [-0.2, 0) is 26.4 Å². The van der Waals surface area contributed by atoms with Crippen molar-refractivity contribution in [1.29, 1.82) is 0 Å². The number of rotatable bonds is 18. The highest BCUT2D eigenvalue weighted by Crippen LogP contribution is 2.26. The van der Waals surface area contributed by atoms with Crippen LogP contribution in [0.1, 0.15) is 62.3 Å². The van der Waals surface area contributed by atoms with Gasteiger partial charge in [0.2, 0.25) is 0 Å². The molecule has 1 aliphatic heterocycles. The molecular weight excluding hydrogens is 793 g/mol. The molecule has 12 heteroatoms. The van der Waals surface area contributed by atoms with Crippen molar-refractivity contribution in [2.24, 2.45) is 27.5 Å². The van der Waals surface area contributed by atoms with Crippen molar-refractivity contribution in [3.8, 4) is 11.4 Å². The normalized spacial score (nSPS) is 13.9. The predicted octanol–water partition coefficient (Wildman–Crippen LogP) is 11.3. The van der Waals surface area contributed by atoms with Gasteiger partial charge in [0.25, 0.3) is 0 Å². The average molecular weight is 854 g/mol. The summed E-state index contributed by atoms with van der Waals surface area (Å²) in [6, 6.07) is 42.1. The van der Waals surface area contributed by atoms with Crippen molar-refractivity contribution in [2.75, 3.05) is 24.2 Å². The fourth-order valence-electron chi connectivity index (χ4n) is 8.30. The van der Waals surface area contributed by atoms with Crippen LogP contribution in [-0.4, -0.2) is 37.8 Å². The summed E-state index contributed by atoms with van der Waals surface area (Å²) < 4.78 is 10.9. The van der Waals surface area contributed by atoms with Crippen LogP contribution in [0.4, 0.5) is 40.1 Å². The van der Waals surface area contributed by atoms with Gasteiger partial charge in [-0.25, -0.2) is 9.13 Å². The average Bonchev–Trinajstić information content (AvgIpc) is 4.09. The molecule has 326 valence electrons. The Labute approximate surface area is 377 Å². The molecular formula is C52H61N12+3. The van der Waals surface area contributed by atoms with Gasteiger partial charge >= 0.3 is 11.9 Å².